The molecule has 0 amide bonds. The van der Waals surface area contributed by atoms with Gasteiger partial charge in [0, 0.05) is 25.1 Å². The van der Waals surface area contributed by atoms with Gasteiger partial charge in [-0.3, -0.25) is 4.57 Å². The highest BCUT2D eigenvalue weighted by molar-refractivity contribution is 8.76. The fourth-order valence-electron chi connectivity index (χ4n) is 4.28. The molecule has 7 rings (SSSR count). The van der Waals surface area contributed by atoms with Gasteiger partial charge in [0.15, 0.2) is 5.16 Å². The summed E-state index contributed by atoms with van der Waals surface area (Å²) in [5, 5.41) is 3.72. The quantitative estimate of drug-likeness (QED) is 0.241. The topological polar surface area (TPSA) is 17.8 Å². The minimum absolute atomic E-state index is 1.04. The Morgan fingerprint density at radius 1 is 0.733 bits per heavy atom. The van der Waals surface area contributed by atoms with Crippen molar-refractivity contribution in [1.29, 1.82) is 0 Å². The molecule has 3 heterocycles. The van der Waals surface area contributed by atoms with E-state index in [4.69, 9.17) is 4.98 Å². The van der Waals surface area contributed by atoms with Crippen molar-refractivity contribution in [2.45, 2.75) is 10.1 Å². The standard InChI is InChI=1S/C25H14N2S3/c1-3-10-22-17(6-1)18-8-5-7-16(24(18)28-22)15-12-13-19-21(14-15)27-20-9-2-4-11-23(20)29-30-25(27)26-19/h1-14H. The molecule has 0 fully saturated rings. The Hall–Kier alpha value is -2.73. The first kappa shape index (κ1) is 17.0. The Morgan fingerprint density at radius 2 is 1.60 bits per heavy atom. The Kier molecular flexibility index (Phi) is 3.62. The smallest absolute Gasteiger partial charge is 0.184 e. The first-order valence-corrected chi connectivity index (χ1v) is 12.7. The van der Waals surface area contributed by atoms with Gasteiger partial charge in [0.25, 0.3) is 0 Å². The van der Waals surface area contributed by atoms with Crippen molar-refractivity contribution in [2.75, 3.05) is 0 Å². The third kappa shape index (κ3) is 2.37. The van der Waals surface area contributed by atoms with Gasteiger partial charge < -0.3 is 0 Å². The molecule has 0 saturated heterocycles. The number of benzene rings is 4. The van der Waals surface area contributed by atoms with Gasteiger partial charge in [-0.2, -0.15) is 0 Å². The van der Waals surface area contributed by atoms with Crippen LogP contribution in [0.5, 0.6) is 0 Å². The van der Waals surface area contributed by atoms with Gasteiger partial charge in [0.2, 0.25) is 0 Å². The number of hydrogen-bond acceptors (Lipinski definition) is 4. The maximum Gasteiger partial charge on any atom is 0.184 e. The number of para-hydroxylation sites is 1. The SMILES string of the molecule is c1ccc2c(c1)SSc1nc3ccc(-c4cccc5c4sc4ccccc45)cc3n1-2. The van der Waals surface area contributed by atoms with E-state index < -0.39 is 0 Å². The minimum atomic E-state index is 1.04. The zero-order chi connectivity index (χ0) is 19.7. The van der Waals surface area contributed by atoms with E-state index in [0.717, 1.165) is 10.7 Å². The van der Waals surface area contributed by atoms with Crippen molar-refractivity contribution in [3.8, 4) is 16.8 Å². The molecule has 0 unspecified atom stereocenters. The second-order valence-electron chi connectivity index (χ2n) is 7.35. The summed E-state index contributed by atoms with van der Waals surface area (Å²) in [5.74, 6) is 0. The molecule has 6 aromatic rings. The van der Waals surface area contributed by atoms with Crippen molar-refractivity contribution in [2.24, 2.45) is 0 Å². The maximum atomic E-state index is 4.89. The molecule has 0 N–H and O–H groups in total. The zero-order valence-corrected chi connectivity index (χ0v) is 18.2. The summed E-state index contributed by atoms with van der Waals surface area (Å²) in [6.45, 7) is 0. The molecule has 0 radical (unpaired) electrons. The van der Waals surface area contributed by atoms with Crippen molar-refractivity contribution < 1.29 is 0 Å². The lowest BCUT2D eigenvalue weighted by atomic mass is 10.0. The summed E-state index contributed by atoms with van der Waals surface area (Å²) in [4.78, 5) is 6.18. The van der Waals surface area contributed by atoms with Crippen LogP contribution in [-0.2, 0) is 0 Å². The van der Waals surface area contributed by atoms with Gasteiger partial charge in [-0.15, -0.1) is 11.3 Å². The first-order valence-electron chi connectivity index (χ1n) is 9.74. The van der Waals surface area contributed by atoms with Crippen LogP contribution in [0, 0.1) is 0 Å². The predicted molar refractivity (Wildman–Crippen MR) is 131 cm³/mol. The molecule has 5 heteroatoms. The zero-order valence-electron chi connectivity index (χ0n) is 15.7. The summed E-state index contributed by atoms with van der Waals surface area (Å²) in [6, 6.07) is 30.6. The van der Waals surface area contributed by atoms with Crippen molar-refractivity contribution >= 4 is 64.1 Å². The van der Waals surface area contributed by atoms with E-state index >= 15 is 0 Å². The number of fused-ring (bicyclic) bond motifs is 8. The second-order valence-corrected chi connectivity index (χ2v) is 10.5. The van der Waals surface area contributed by atoms with Crippen molar-refractivity contribution in [1.82, 2.24) is 9.55 Å². The van der Waals surface area contributed by atoms with Gasteiger partial charge in [0.1, 0.15) is 0 Å². The predicted octanol–water partition coefficient (Wildman–Crippen LogP) is 8.17. The molecule has 30 heavy (non-hydrogen) atoms. The molecule has 0 aliphatic carbocycles. The van der Waals surface area contributed by atoms with Crippen LogP contribution < -0.4 is 0 Å². The van der Waals surface area contributed by atoms with E-state index in [1.54, 1.807) is 21.6 Å². The number of thiophene rings is 1. The second kappa shape index (κ2) is 6.38. The highest BCUT2D eigenvalue weighted by Crippen LogP contribution is 2.47. The number of aromatic nitrogens is 2. The number of imidazole rings is 1. The van der Waals surface area contributed by atoms with Crippen LogP contribution in [-0.4, -0.2) is 9.55 Å². The van der Waals surface area contributed by atoms with Gasteiger partial charge in [-0.25, -0.2) is 4.98 Å². The van der Waals surface area contributed by atoms with E-state index in [1.807, 2.05) is 11.3 Å². The largest absolute Gasteiger partial charge is 0.285 e. The normalized spacial score (nSPS) is 13.1. The van der Waals surface area contributed by atoms with Crippen LogP contribution in [0.4, 0.5) is 0 Å². The number of rotatable bonds is 1. The summed E-state index contributed by atoms with van der Waals surface area (Å²) in [5.41, 5.74) is 5.96. The van der Waals surface area contributed by atoms with E-state index in [-0.39, 0.29) is 0 Å². The Balaban J connectivity index is 1.51. The molecule has 2 aromatic heterocycles. The van der Waals surface area contributed by atoms with Gasteiger partial charge in [0.05, 0.1) is 16.7 Å². The molecular weight excluding hydrogens is 424 g/mol. The van der Waals surface area contributed by atoms with Crippen molar-refractivity contribution in [3.05, 3.63) is 84.9 Å². The fraction of sp³-hybridized carbons (Fsp3) is 0. The average molecular weight is 439 g/mol. The minimum Gasteiger partial charge on any atom is -0.285 e. The summed E-state index contributed by atoms with van der Waals surface area (Å²) in [7, 11) is 3.52. The van der Waals surface area contributed by atoms with Crippen LogP contribution in [0.1, 0.15) is 0 Å². The third-order valence-electron chi connectivity index (χ3n) is 5.65. The molecule has 2 nitrogen and oxygen atoms in total. The molecule has 0 saturated carbocycles. The molecule has 0 spiro atoms. The lowest BCUT2D eigenvalue weighted by molar-refractivity contribution is 0.902. The van der Waals surface area contributed by atoms with Crippen LogP contribution in [0.2, 0.25) is 0 Å². The van der Waals surface area contributed by atoms with Crippen LogP contribution >= 0.6 is 32.9 Å². The lowest BCUT2D eigenvalue weighted by Gasteiger charge is -2.17. The van der Waals surface area contributed by atoms with Crippen LogP contribution in [0.15, 0.2) is 95.0 Å². The summed E-state index contributed by atoms with van der Waals surface area (Å²) < 4.78 is 4.99. The monoisotopic (exact) mass is 438 g/mol. The summed E-state index contributed by atoms with van der Waals surface area (Å²) in [6.07, 6.45) is 0. The molecule has 1 aliphatic heterocycles. The van der Waals surface area contributed by atoms with Crippen LogP contribution in [0.3, 0.4) is 0 Å². The Labute approximate surface area is 185 Å². The highest BCUT2D eigenvalue weighted by atomic mass is 33.1. The lowest BCUT2D eigenvalue weighted by Crippen LogP contribution is -2.00. The highest BCUT2D eigenvalue weighted by Gasteiger charge is 2.22. The average Bonchev–Trinajstić information content (AvgIpc) is 3.37. The molecular formula is C25H14N2S3. The van der Waals surface area contributed by atoms with Crippen LogP contribution in [0.25, 0.3) is 48.0 Å². The Bertz CT molecular complexity index is 1610. The van der Waals surface area contributed by atoms with E-state index in [1.165, 1.54) is 47.4 Å². The maximum absolute atomic E-state index is 4.89. The number of nitrogens with zero attached hydrogens (tertiary/aromatic N) is 2. The number of hydrogen-bond donors (Lipinski definition) is 0. The molecule has 0 bridgehead atoms. The van der Waals surface area contributed by atoms with E-state index in [0.29, 0.717) is 0 Å². The van der Waals surface area contributed by atoms with Gasteiger partial charge in [-0.1, -0.05) is 54.6 Å². The fourth-order valence-corrected chi connectivity index (χ4v) is 7.72. The van der Waals surface area contributed by atoms with E-state index in [2.05, 4.69) is 89.5 Å². The summed E-state index contributed by atoms with van der Waals surface area (Å²) >= 11 is 1.88. The molecule has 142 valence electrons. The molecule has 4 aromatic carbocycles. The van der Waals surface area contributed by atoms with Crippen molar-refractivity contribution in [3.63, 3.8) is 0 Å². The molecule has 1 aliphatic rings. The van der Waals surface area contributed by atoms with Gasteiger partial charge >= 0.3 is 0 Å². The third-order valence-corrected chi connectivity index (χ3v) is 9.14. The Morgan fingerprint density at radius 3 is 2.60 bits per heavy atom. The molecule has 0 atom stereocenters. The first-order chi connectivity index (χ1) is 14.9. The van der Waals surface area contributed by atoms with E-state index in [9.17, 15) is 0 Å². The van der Waals surface area contributed by atoms with Gasteiger partial charge in [-0.05, 0) is 63.0 Å².